The second-order valence-corrected chi connectivity index (χ2v) is 3.76. The summed E-state index contributed by atoms with van der Waals surface area (Å²) in [5, 5.41) is 0.0311. The molecule has 0 saturated heterocycles. The maximum absolute atomic E-state index is 10.4. The lowest BCUT2D eigenvalue weighted by Crippen LogP contribution is -1.86. The third-order valence-corrected chi connectivity index (χ3v) is 2.22. The van der Waals surface area contributed by atoms with Gasteiger partial charge in [0.15, 0.2) is 5.12 Å². The lowest BCUT2D eigenvalue weighted by Gasteiger charge is -1.98. The molecule has 12 heavy (non-hydrogen) atoms. The highest BCUT2D eigenvalue weighted by molar-refractivity contribution is 7.96. The van der Waals surface area contributed by atoms with Gasteiger partial charge in [0.2, 0.25) is 0 Å². The molecule has 0 aliphatic carbocycles. The van der Waals surface area contributed by atoms with Crippen molar-refractivity contribution in [3.8, 4) is 0 Å². The van der Waals surface area contributed by atoms with Crippen LogP contribution in [-0.2, 0) is 4.79 Å². The maximum Gasteiger partial charge on any atom is 0.185 e. The zero-order chi connectivity index (χ0) is 9.23. The van der Waals surface area contributed by atoms with E-state index in [-0.39, 0.29) is 5.12 Å². The van der Waals surface area contributed by atoms with Crippen LogP contribution in [0.1, 0.15) is 58.3 Å². The van der Waals surface area contributed by atoms with Crippen LogP contribution < -0.4 is 0 Å². The number of carbonyl (C=O) groups is 1. The average molecular weight is 188 g/mol. The number of hydrogen-bond donors (Lipinski definition) is 1. The molecular weight excluding hydrogens is 168 g/mol. The van der Waals surface area contributed by atoms with Gasteiger partial charge >= 0.3 is 0 Å². The second kappa shape index (κ2) is 9.11. The van der Waals surface area contributed by atoms with Crippen LogP contribution >= 0.6 is 12.6 Å². The normalized spacial score (nSPS) is 10.2. The second-order valence-electron chi connectivity index (χ2n) is 3.27. The molecule has 0 aliphatic heterocycles. The van der Waals surface area contributed by atoms with E-state index in [9.17, 15) is 4.79 Å². The molecule has 0 fully saturated rings. The first-order chi connectivity index (χ1) is 5.77. The predicted octanol–water partition coefficient (Wildman–Crippen LogP) is 3.58. The Labute approximate surface area is 81.3 Å². The smallest absolute Gasteiger partial charge is 0.185 e. The van der Waals surface area contributed by atoms with E-state index in [4.69, 9.17) is 0 Å². The van der Waals surface area contributed by atoms with Gasteiger partial charge in [-0.25, -0.2) is 0 Å². The molecule has 0 atom stereocenters. The molecule has 1 nitrogen and oxygen atoms in total. The van der Waals surface area contributed by atoms with Crippen molar-refractivity contribution in [3.63, 3.8) is 0 Å². The molecule has 0 amide bonds. The Balaban J connectivity index is 2.86. The molecule has 0 unspecified atom stereocenters. The molecule has 0 bridgehead atoms. The highest BCUT2D eigenvalue weighted by Crippen LogP contribution is 2.08. The molecule has 0 heterocycles. The molecule has 0 radical (unpaired) electrons. The fraction of sp³-hybridized carbons (Fsp3) is 0.900. The first kappa shape index (κ1) is 12.0. The van der Waals surface area contributed by atoms with E-state index in [1.54, 1.807) is 0 Å². The number of rotatable bonds is 8. The summed E-state index contributed by atoms with van der Waals surface area (Å²) < 4.78 is 0. The number of hydrogen-bond acceptors (Lipinski definition) is 1. The van der Waals surface area contributed by atoms with E-state index < -0.39 is 0 Å². The van der Waals surface area contributed by atoms with Gasteiger partial charge in [-0.3, -0.25) is 4.79 Å². The van der Waals surface area contributed by atoms with Crippen LogP contribution in [0.4, 0.5) is 0 Å². The summed E-state index contributed by atoms with van der Waals surface area (Å²) in [6.45, 7) is 2.22. The first-order valence-electron chi connectivity index (χ1n) is 4.99. The van der Waals surface area contributed by atoms with Gasteiger partial charge < -0.3 is 0 Å². The Morgan fingerprint density at radius 1 is 1.00 bits per heavy atom. The topological polar surface area (TPSA) is 17.1 Å². The summed E-state index contributed by atoms with van der Waals surface area (Å²) in [6, 6.07) is 0. The van der Waals surface area contributed by atoms with Crippen LogP contribution in [0.2, 0.25) is 0 Å². The van der Waals surface area contributed by atoms with Crippen LogP contribution in [-0.4, -0.2) is 5.12 Å². The summed E-state index contributed by atoms with van der Waals surface area (Å²) in [4.78, 5) is 10.4. The van der Waals surface area contributed by atoms with E-state index in [2.05, 4.69) is 19.6 Å². The number of carbonyl (C=O) groups excluding carboxylic acids is 1. The Morgan fingerprint density at radius 2 is 1.50 bits per heavy atom. The third-order valence-electron chi connectivity index (χ3n) is 1.99. The van der Waals surface area contributed by atoms with Gasteiger partial charge in [0.1, 0.15) is 0 Å². The van der Waals surface area contributed by atoms with Gasteiger partial charge in [0.05, 0.1) is 0 Å². The molecule has 0 aromatic rings. The lowest BCUT2D eigenvalue weighted by molar-refractivity contribution is -0.110. The van der Waals surface area contributed by atoms with Gasteiger partial charge in [-0.2, -0.15) is 0 Å². The predicted molar refractivity (Wildman–Crippen MR) is 56.6 cm³/mol. The quantitative estimate of drug-likeness (QED) is 0.455. The van der Waals surface area contributed by atoms with Crippen LogP contribution in [0, 0.1) is 0 Å². The molecule has 0 aromatic carbocycles. The van der Waals surface area contributed by atoms with Gasteiger partial charge in [0.25, 0.3) is 0 Å². The Bertz CT molecular complexity index is 112. The molecule has 2 heteroatoms. The maximum atomic E-state index is 10.4. The summed E-state index contributed by atoms with van der Waals surface area (Å²) >= 11 is 3.72. The average Bonchev–Trinajstić information content (AvgIpc) is 2.02. The number of unbranched alkanes of at least 4 members (excludes halogenated alkanes) is 6. The van der Waals surface area contributed by atoms with E-state index in [1.807, 2.05) is 0 Å². The van der Waals surface area contributed by atoms with Crippen molar-refractivity contribution < 1.29 is 4.79 Å². The highest BCUT2D eigenvalue weighted by Gasteiger charge is 1.94. The summed E-state index contributed by atoms with van der Waals surface area (Å²) in [5.41, 5.74) is 0. The van der Waals surface area contributed by atoms with Crippen molar-refractivity contribution in [1.29, 1.82) is 0 Å². The summed E-state index contributed by atoms with van der Waals surface area (Å²) in [7, 11) is 0. The van der Waals surface area contributed by atoms with E-state index in [0.717, 1.165) is 6.42 Å². The van der Waals surface area contributed by atoms with Crippen molar-refractivity contribution in [2.45, 2.75) is 58.3 Å². The summed E-state index contributed by atoms with van der Waals surface area (Å²) in [6.07, 6.45) is 9.48. The Morgan fingerprint density at radius 3 is 2.00 bits per heavy atom. The fourth-order valence-electron chi connectivity index (χ4n) is 1.23. The van der Waals surface area contributed by atoms with Crippen molar-refractivity contribution in [2.24, 2.45) is 0 Å². The van der Waals surface area contributed by atoms with Crippen molar-refractivity contribution in [3.05, 3.63) is 0 Å². The van der Waals surface area contributed by atoms with Crippen LogP contribution in [0.15, 0.2) is 0 Å². The van der Waals surface area contributed by atoms with E-state index in [1.165, 1.54) is 38.5 Å². The molecule has 72 valence electrons. The minimum atomic E-state index is 0.0311. The third kappa shape index (κ3) is 10.0. The largest absolute Gasteiger partial charge is 0.288 e. The molecular formula is C10H20OS. The van der Waals surface area contributed by atoms with Crippen LogP contribution in [0.25, 0.3) is 0 Å². The van der Waals surface area contributed by atoms with Crippen molar-refractivity contribution in [2.75, 3.05) is 0 Å². The van der Waals surface area contributed by atoms with Gasteiger partial charge in [-0.1, -0.05) is 45.4 Å². The van der Waals surface area contributed by atoms with Crippen LogP contribution in [0.3, 0.4) is 0 Å². The first-order valence-corrected chi connectivity index (χ1v) is 5.44. The molecule has 0 spiro atoms. The van der Waals surface area contributed by atoms with Crippen molar-refractivity contribution >= 4 is 17.7 Å². The zero-order valence-electron chi connectivity index (χ0n) is 8.01. The minimum Gasteiger partial charge on any atom is -0.288 e. The molecule has 0 rings (SSSR count). The van der Waals surface area contributed by atoms with E-state index >= 15 is 0 Å². The molecule has 0 saturated carbocycles. The fourth-order valence-corrected chi connectivity index (χ4v) is 1.39. The van der Waals surface area contributed by atoms with Gasteiger partial charge in [0, 0.05) is 6.42 Å². The Kier molecular flexibility index (Phi) is 9.13. The Hall–Kier alpha value is 0.0200. The molecule has 0 N–H and O–H groups in total. The summed E-state index contributed by atoms with van der Waals surface area (Å²) in [5.74, 6) is 0. The highest BCUT2D eigenvalue weighted by atomic mass is 32.1. The number of thiol groups is 1. The van der Waals surface area contributed by atoms with E-state index in [0.29, 0.717) is 6.42 Å². The standard InChI is InChI=1S/C10H20OS/c1-2-3-4-5-6-7-8-9-10(11)12/h2-9H2,1H3,(H,11,12). The van der Waals surface area contributed by atoms with Crippen LogP contribution in [0.5, 0.6) is 0 Å². The zero-order valence-corrected chi connectivity index (χ0v) is 8.91. The SMILES string of the molecule is CCCCCCCCCC(=O)S. The molecule has 0 aliphatic rings. The van der Waals surface area contributed by atoms with Gasteiger partial charge in [-0.15, -0.1) is 12.6 Å². The lowest BCUT2D eigenvalue weighted by atomic mass is 10.1. The monoisotopic (exact) mass is 188 g/mol. The van der Waals surface area contributed by atoms with Crippen molar-refractivity contribution in [1.82, 2.24) is 0 Å². The van der Waals surface area contributed by atoms with Gasteiger partial charge in [-0.05, 0) is 6.42 Å². The minimum absolute atomic E-state index is 0.0311. The molecule has 0 aromatic heterocycles.